The van der Waals surface area contributed by atoms with Gasteiger partial charge in [-0.05, 0) is 63.5 Å². The van der Waals surface area contributed by atoms with Crippen LogP contribution in [0.4, 0.5) is 18.9 Å². The molecule has 2 unspecified atom stereocenters. The van der Waals surface area contributed by atoms with Crippen LogP contribution < -0.4 is 4.90 Å². The van der Waals surface area contributed by atoms with Crippen LogP contribution >= 0.6 is 0 Å². The molecule has 6 nitrogen and oxygen atoms in total. The molecule has 0 aromatic heterocycles. The molecule has 9 heteroatoms. The maximum absolute atomic E-state index is 13.9. The van der Waals surface area contributed by atoms with Crippen LogP contribution in [0.1, 0.15) is 37.8 Å². The summed E-state index contributed by atoms with van der Waals surface area (Å²) in [6.45, 7) is 7.91. The number of aryl methyl sites for hydroxylation is 2. The second-order valence-corrected chi connectivity index (χ2v) is 9.03. The van der Waals surface area contributed by atoms with Gasteiger partial charge in [0.15, 0.2) is 5.78 Å². The lowest BCUT2D eigenvalue weighted by molar-refractivity contribution is -0.199. The van der Waals surface area contributed by atoms with Crippen LogP contribution in [0.5, 0.6) is 0 Å². The smallest absolute Gasteiger partial charge is 0.401 e. The molecule has 1 aliphatic carbocycles. The van der Waals surface area contributed by atoms with Gasteiger partial charge in [-0.15, -0.1) is 0 Å². The number of alkyl halides is 3. The highest BCUT2D eigenvalue weighted by molar-refractivity contribution is 5.88. The minimum atomic E-state index is -4.71. The van der Waals surface area contributed by atoms with Crippen molar-refractivity contribution < 1.29 is 37.3 Å². The molecule has 0 aliphatic heterocycles. The van der Waals surface area contributed by atoms with E-state index in [1.165, 1.54) is 19.4 Å². The highest BCUT2D eigenvalue weighted by Crippen LogP contribution is 2.46. The average Bonchev–Trinajstić information content (AvgIpc) is 3.01. The normalized spacial score (nSPS) is 23.1. The minimum absolute atomic E-state index is 0.0450. The highest BCUT2D eigenvalue weighted by atomic mass is 19.4. The summed E-state index contributed by atoms with van der Waals surface area (Å²) in [7, 11) is 1.20. The van der Waals surface area contributed by atoms with E-state index in [1.54, 1.807) is 0 Å². The number of carbonyl (C=O) groups excluding carboxylic acids is 1. The van der Waals surface area contributed by atoms with Crippen molar-refractivity contribution in [3.8, 4) is 0 Å². The van der Waals surface area contributed by atoms with Crippen molar-refractivity contribution in [1.82, 2.24) is 0 Å². The van der Waals surface area contributed by atoms with Gasteiger partial charge in [-0.3, -0.25) is 9.59 Å². The van der Waals surface area contributed by atoms with E-state index in [0.29, 0.717) is 0 Å². The summed E-state index contributed by atoms with van der Waals surface area (Å²) in [5, 5.41) is 8.66. The standard InChI is InChI=1S/C25H34F3NO5/c1-15(2)29(18-9-8-16(3)17(4)13-18)14-20-19(7-6-11-34-12-10-21(30)31)24(33-5)22(23(20)32)25(26,27)28/h6,8-9,11,13,15,19-20,22,24H,7,10,12,14H2,1-5H3,(H,30,31)/b11-6-/t19-,20-,22?,24?/m1/s1. The quantitative estimate of drug-likeness (QED) is 0.354. The Morgan fingerprint density at radius 1 is 1.24 bits per heavy atom. The topological polar surface area (TPSA) is 76.1 Å². The van der Waals surface area contributed by atoms with Gasteiger partial charge in [-0.1, -0.05) is 6.07 Å². The summed E-state index contributed by atoms with van der Waals surface area (Å²) < 4.78 is 52.0. The molecule has 1 saturated carbocycles. The van der Waals surface area contributed by atoms with Gasteiger partial charge in [0.05, 0.1) is 25.4 Å². The van der Waals surface area contributed by atoms with E-state index in [0.717, 1.165) is 16.8 Å². The number of carboxylic acids is 1. The molecule has 1 fully saturated rings. The van der Waals surface area contributed by atoms with Crippen molar-refractivity contribution >= 4 is 17.4 Å². The van der Waals surface area contributed by atoms with Crippen molar-refractivity contribution in [3.63, 3.8) is 0 Å². The third-order valence-corrected chi connectivity index (χ3v) is 6.44. The average molecular weight is 486 g/mol. The number of anilines is 1. The predicted molar refractivity (Wildman–Crippen MR) is 123 cm³/mol. The zero-order valence-electron chi connectivity index (χ0n) is 20.3. The maximum Gasteiger partial charge on any atom is 0.401 e. The number of hydrogen-bond donors (Lipinski definition) is 1. The van der Waals surface area contributed by atoms with Gasteiger partial charge < -0.3 is 19.5 Å². The number of methoxy groups -OCH3 is 1. The first-order valence-electron chi connectivity index (χ1n) is 11.3. The number of hydrogen-bond acceptors (Lipinski definition) is 5. The number of aliphatic carboxylic acids is 1. The number of carboxylic acid groups (broad SMARTS) is 1. The third kappa shape index (κ3) is 6.74. The summed E-state index contributed by atoms with van der Waals surface area (Å²) in [6, 6.07) is 5.81. The summed E-state index contributed by atoms with van der Waals surface area (Å²) in [5.41, 5.74) is 3.01. The maximum atomic E-state index is 13.9. The van der Waals surface area contributed by atoms with E-state index in [2.05, 4.69) is 0 Å². The zero-order valence-corrected chi connectivity index (χ0v) is 20.3. The van der Waals surface area contributed by atoms with E-state index in [1.807, 2.05) is 50.8 Å². The van der Waals surface area contributed by atoms with Crippen molar-refractivity contribution in [2.24, 2.45) is 17.8 Å². The van der Waals surface area contributed by atoms with Gasteiger partial charge in [0.25, 0.3) is 0 Å². The molecule has 0 spiro atoms. The van der Waals surface area contributed by atoms with Gasteiger partial charge in [-0.25, -0.2) is 0 Å². The number of halogens is 3. The largest absolute Gasteiger partial charge is 0.501 e. The Morgan fingerprint density at radius 3 is 2.44 bits per heavy atom. The second kappa shape index (κ2) is 11.7. The molecule has 1 N–H and O–H groups in total. The van der Waals surface area contributed by atoms with Gasteiger partial charge >= 0.3 is 12.1 Å². The van der Waals surface area contributed by atoms with Crippen molar-refractivity contribution in [2.75, 3.05) is 25.2 Å². The Morgan fingerprint density at radius 2 is 1.91 bits per heavy atom. The Kier molecular flexibility index (Phi) is 9.55. The predicted octanol–water partition coefficient (Wildman–Crippen LogP) is 4.92. The lowest BCUT2D eigenvalue weighted by atomic mass is 9.90. The number of benzene rings is 1. The van der Waals surface area contributed by atoms with Crippen LogP contribution in [0.15, 0.2) is 30.5 Å². The van der Waals surface area contributed by atoms with E-state index < -0.39 is 41.8 Å². The van der Waals surface area contributed by atoms with Crippen LogP contribution in [0.2, 0.25) is 0 Å². The molecule has 1 aromatic carbocycles. The number of nitrogens with zero attached hydrogens (tertiary/aromatic N) is 1. The molecule has 2 rings (SSSR count). The van der Waals surface area contributed by atoms with Crippen LogP contribution in [-0.2, 0) is 19.1 Å². The fraction of sp³-hybridized carbons (Fsp3) is 0.600. The lowest BCUT2D eigenvalue weighted by Crippen LogP contribution is -2.40. The van der Waals surface area contributed by atoms with E-state index in [9.17, 15) is 22.8 Å². The number of Topliss-reactive ketones (excluding diaryl/α,β-unsaturated/α-hetero) is 1. The number of allylic oxidation sites excluding steroid dienone is 1. The zero-order chi connectivity index (χ0) is 25.6. The summed E-state index contributed by atoms with van der Waals surface area (Å²) in [6.07, 6.45) is -3.27. The molecule has 4 atom stereocenters. The molecular formula is C25H34F3NO5. The second-order valence-electron chi connectivity index (χ2n) is 9.03. The number of rotatable bonds is 11. The van der Waals surface area contributed by atoms with E-state index in [-0.39, 0.29) is 32.0 Å². The van der Waals surface area contributed by atoms with Gasteiger partial charge in [0.1, 0.15) is 5.92 Å². The summed E-state index contributed by atoms with van der Waals surface area (Å²) >= 11 is 0. The molecule has 0 heterocycles. The Bertz CT molecular complexity index is 884. The fourth-order valence-electron chi connectivity index (χ4n) is 4.49. The van der Waals surface area contributed by atoms with Crippen LogP contribution in [-0.4, -0.2) is 55.4 Å². The first-order chi connectivity index (χ1) is 15.9. The monoisotopic (exact) mass is 485 g/mol. The number of carbonyl (C=O) groups is 2. The van der Waals surface area contributed by atoms with Gasteiger partial charge in [-0.2, -0.15) is 13.2 Å². The van der Waals surface area contributed by atoms with E-state index in [4.69, 9.17) is 14.6 Å². The van der Waals surface area contributed by atoms with Crippen LogP contribution in [0, 0.1) is 31.6 Å². The van der Waals surface area contributed by atoms with E-state index >= 15 is 0 Å². The third-order valence-electron chi connectivity index (χ3n) is 6.44. The lowest BCUT2D eigenvalue weighted by Gasteiger charge is -2.34. The van der Waals surface area contributed by atoms with Crippen molar-refractivity contribution in [3.05, 3.63) is 41.7 Å². The SMILES string of the molecule is COC1C(C(F)(F)F)C(=O)[C@H](CN(c2ccc(C)c(C)c2)C(C)C)[C@H]1C/C=C\OCCC(=O)O. The molecule has 1 aromatic rings. The highest BCUT2D eigenvalue weighted by Gasteiger charge is 2.60. The van der Waals surface area contributed by atoms with Gasteiger partial charge in [0, 0.05) is 37.2 Å². The van der Waals surface area contributed by atoms with Crippen LogP contribution in [0.3, 0.4) is 0 Å². The summed E-state index contributed by atoms with van der Waals surface area (Å²) in [5.74, 6) is -5.68. The first-order valence-corrected chi connectivity index (χ1v) is 11.3. The van der Waals surface area contributed by atoms with Crippen LogP contribution in [0.25, 0.3) is 0 Å². The van der Waals surface area contributed by atoms with Gasteiger partial charge in [0.2, 0.25) is 0 Å². The fourth-order valence-corrected chi connectivity index (χ4v) is 4.49. The Labute approximate surface area is 198 Å². The Hall–Kier alpha value is -2.55. The van der Waals surface area contributed by atoms with Crippen molar-refractivity contribution in [2.45, 2.75) is 58.9 Å². The molecule has 0 radical (unpaired) electrons. The molecule has 190 valence electrons. The molecule has 1 aliphatic rings. The number of ether oxygens (including phenoxy) is 2. The molecule has 0 saturated heterocycles. The minimum Gasteiger partial charge on any atom is -0.501 e. The summed E-state index contributed by atoms with van der Waals surface area (Å²) in [4.78, 5) is 25.6. The number of ketones is 1. The van der Waals surface area contributed by atoms with Crippen molar-refractivity contribution in [1.29, 1.82) is 0 Å². The first kappa shape index (κ1) is 27.7. The molecule has 0 amide bonds. The molecule has 0 bridgehead atoms. The molecule has 34 heavy (non-hydrogen) atoms. The molecular weight excluding hydrogens is 451 g/mol. The Balaban J connectivity index is 2.32.